The molecule has 0 spiro atoms. The molecule has 2 aromatic carbocycles. The van der Waals surface area contributed by atoms with E-state index < -0.39 is 0 Å². The van der Waals surface area contributed by atoms with Gasteiger partial charge in [0.1, 0.15) is 5.75 Å². The summed E-state index contributed by atoms with van der Waals surface area (Å²) in [6, 6.07) is 15.0. The highest BCUT2D eigenvalue weighted by atomic mass is 16.5. The van der Waals surface area contributed by atoms with E-state index in [-0.39, 0.29) is 0 Å². The summed E-state index contributed by atoms with van der Waals surface area (Å²) in [6.07, 6.45) is 3.55. The number of ether oxygens (including phenoxy) is 1. The molecule has 2 heterocycles. The average molecular weight is 449 g/mol. The number of aryl methyl sites for hydroxylation is 1. The number of nitrogens with one attached hydrogen (secondary N) is 1. The number of nitrogens with zero attached hydrogens (tertiary/aromatic N) is 3. The van der Waals surface area contributed by atoms with Crippen molar-refractivity contribution in [1.82, 2.24) is 10.2 Å². The van der Waals surface area contributed by atoms with E-state index >= 15 is 0 Å². The van der Waals surface area contributed by atoms with Crippen LogP contribution in [0, 0.1) is 6.92 Å². The number of likely N-dealkylation sites (tertiary alicyclic amines) is 1. The molecule has 0 aliphatic carbocycles. The molecular weight excluding hydrogens is 412 g/mol. The molecule has 1 N–H and O–H groups in total. The van der Waals surface area contributed by atoms with E-state index in [4.69, 9.17) is 9.73 Å². The molecule has 1 saturated heterocycles. The quantitative estimate of drug-likeness (QED) is 0.487. The molecule has 176 valence electrons. The van der Waals surface area contributed by atoms with Crippen LogP contribution in [0.3, 0.4) is 0 Å². The van der Waals surface area contributed by atoms with Crippen molar-refractivity contribution in [2.75, 3.05) is 44.7 Å². The molecule has 0 aromatic heterocycles. The lowest BCUT2D eigenvalue weighted by Crippen LogP contribution is -2.41. The van der Waals surface area contributed by atoms with E-state index in [0.717, 1.165) is 62.7 Å². The van der Waals surface area contributed by atoms with Crippen molar-refractivity contribution in [3.63, 3.8) is 0 Å². The van der Waals surface area contributed by atoms with Gasteiger partial charge in [0.2, 0.25) is 5.91 Å². The van der Waals surface area contributed by atoms with Crippen LogP contribution < -0.4 is 15.0 Å². The first-order valence-corrected chi connectivity index (χ1v) is 12.2. The number of aliphatic imine (C=N–C) groups is 1. The van der Waals surface area contributed by atoms with E-state index in [9.17, 15) is 4.79 Å². The van der Waals surface area contributed by atoms with Crippen molar-refractivity contribution >= 4 is 17.6 Å². The van der Waals surface area contributed by atoms with Crippen LogP contribution in [-0.4, -0.2) is 56.6 Å². The first kappa shape index (κ1) is 23.1. The maximum atomic E-state index is 12.1. The Morgan fingerprint density at radius 1 is 1.24 bits per heavy atom. The fourth-order valence-corrected chi connectivity index (χ4v) is 4.90. The number of amides is 1. The Balaban J connectivity index is 1.46. The highest BCUT2D eigenvalue weighted by Crippen LogP contribution is 2.38. The van der Waals surface area contributed by atoms with Gasteiger partial charge in [0.05, 0.1) is 7.11 Å². The summed E-state index contributed by atoms with van der Waals surface area (Å²) in [5.74, 6) is 2.57. The van der Waals surface area contributed by atoms with Gasteiger partial charge in [-0.25, -0.2) is 0 Å². The van der Waals surface area contributed by atoms with Crippen LogP contribution in [0.15, 0.2) is 47.5 Å². The zero-order valence-corrected chi connectivity index (χ0v) is 20.1. The molecule has 2 aliphatic heterocycles. The lowest BCUT2D eigenvalue weighted by Gasteiger charge is -2.23. The van der Waals surface area contributed by atoms with Crippen molar-refractivity contribution in [3.05, 3.63) is 59.2 Å². The van der Waals surface area contributed by atoms with Gasteiger partial charge in [0, 0.05) is 50.7 Å². The van der Waals surface area contributed by atoms with Gasteiger partial charge in [0.15, 0.2) is 5.96 Å². The molecule has 1 atom stereocenters. The molecular formula is C27H36N4O2. The summed E-state index contributed by atoms with van der Waals surface area (Å²) in [7, 11) is 1.72. The summed E-state index contributed by atoms with van der Waals surface area (Å²) in [5, 5.41) is 3.49. The van der Waals surface area contributed by atoms with Crippen molar-refractivity contribution < 1.29 is 9.53 Å². The number of carbonyl (C=O) groups excluding carboxylic acids is 1. The fraction of sp³-hybridized carbons (Fsp3) is 0.481. The van der Waals surface area contributed by atoms with Crippen LogP contribution in [0.25, 0.3) is 0 Å². The summed E-state index contributed by atoms with van der Waals surface area (Å²) < 4.78 is 5.47. The largest absolute Gasteiger partial charge is 0.496 e. The Hall–Kier alpha value is -3.02. The maximum Gasteiger partial charge on any atom is 0.222 e. The lowest BCUT2D eigenvalue weighted by atomic mass is 9.98. The van der Waals surface area contributed by atoms with Crippen LogP contribution in [0.2, 0.25) is 0 Å². The van der Waals surface area contributed by atoms with Gasteiger partial charge in [-0.1, -0.05) is 30.3 Å². The lowest BCUT2D eigenvalue weighted by molar-refractivity contribution is -0.127. The van der Waals surface area contributed by atoms with E-state index in [1.165, 1.54) is 16.8 Å². The third-order valence-electron chi connectivity index (χ3n) is 6.71. The molecule has 4 rings (SSSR count). The highest BCUT2D eigenvalue weighted by molar-refractivity contribution is 5.98. The zero-order valence-electron chi connectivity index (χ0n) is 20.1. The number of para-hydroxylation sites is 1. The monoisotopic (exact) mass is 448 g/mol. The molecule has 6 heteroatoms. The highest BCUT2D eigenvalue weighted by Gasteiger charge is 2.32. The summed E-state index contributed by atoms with van der Waals surface area (Å²) >= 11 is 0. The van der Waals surface area contributed by atoms with Gasteiger partial charge >= 0.3 is 0 Å². The smallest absolute Gasteiger partial charge is 0.222 e. The standard InChI is InChI=1S/C27H36N4O2/c1-4-28-27(29-15-13-21-12-11-20(2)25(18-21)33-3)31-19-22(23-8-5-6-9-24(23)31)14-17-30-16-7-10-26(30)32/h5-6,8-9,11-12,18,22H,4,7,10,13-17,19H2,1-3H3,(H,28,29). The topological polar surface area (TPSA) is 57.2 Å². The second-order valence-electron chi connectivity index (χ2n) is 8.93. The number of hydrogen-bond acceptors (Lipinski definition) is 3. The van der Waals surface area contributed by atoms with Gasteiger partial charge in [-0.3, -0.25) is 9.79 Å². The predicted molar refractivity (Wildman–Crippen MR) is 134 cm³/mol. The van der Waals surface area contributed by atoms with Gasteiger partial charge in [-0.2, -0.15) is 0 Å². The molecule has 0 saturated carbocycles. The first-order valence-electron chi connectivity index (χ1n) is 12.2. The van der Waals surface area contributed by atoms with Crippen LogP contribution in [0.4, 0.5) is 5.69 Å². The Kier molecular flexibility index (Phi) is 7.53. The Bertz CT molecular complexity index is 1000. The number of rotatable bonds is 8. The fourth-order valence-electron chi connectivity index (χ4n) is 4.90. The second-order valence-corrected chi connectivity index (χ2v) is 8.93. The van der Waals surface area contributed by atoms with Crippen molar-refractivity contribution in [2.24, 2.45) is 4.99 Å². The molecule has 33 heavy (non-hydrogen) atoms. The minimum absolute atomic E-state index is 0.306. The van der Waals surface area contributed by atoms with Crippen LogP contribution in [-0.2, 0) is 11.2 Å². The Labute approximate surface area is 197 Å². The molecule has 0 bridgehead atoms. The number of hydrogen-bond donors (Lipinski definition) is 1. The molecule has 2 aromatic rings. The SMILES string of the molecule is CCNC(=NCCc1ccc(C)c(OC)c1)N1CC(CCN2CCCC2=O)c2ccccc21. The van der Waals surface area contributed by atoms with Gasteiger partial charge in [-0.15, -0.1) is 0 Å². The van der Waals surface area contributed by atoms with E-state index in [1.54, 1.807) is 7.11 Å². The van der Waals surface area contributed by atoms with E-state index in [0.29, 0.717) is 24.8 Å². The number of carbonyl (C=O) groups is 1. The Morgan fingerprint density at radius 2 is 2.09 bits per heavy atom. The van der Waals surface area contributed by atoms with E-state index in [1.807, 2.05) is 4.90 Å². The molecule has 1 unspecified atom stereocenters. The Morgan fingerprint density at radius 3 is 2.85 bits per heavy atom. The summed E-state index contributed by atoms with van der Waals surface area (Å²) in [6.45, 7) is 8.34. The molecule has 1 fully saturated rings. The maximum absolute atomic E-state index is 12.1. The molecule has 2 aliphatic rings. The number of methoxy groups -OCH3 is 1. The predicted octanol–water partition coefficient (Wildman–Crippen LogP) is 4.13. The third kappa shape index (κ3) is 5.32. The van der Waals surface area contributed by atoms with Gasteiger partial charge in [0.25, 0.3) is 0 Å². The third-order valence-corrected chi connectivity index (χ3v) is 6.71. The van der Waals surface area contributed by atoms with Crippen molar-refractivity contribution in [2.45, 2.75) is 45.4 Å². The average Bonchev–Trinajstić information content (AvgIpc) is 3.41. The summed E-state index contributed by atoms with van der Waals surface area (Å²) in [4.78, 5) is 21.4. The van der Waals surface area contributed by atoms with E-state index in [2.05, 4.69) is 66.5 Å². The second kappa shape index (κ2) is 10.7. The van der Waals surface area contributed by atoms with Crippen LogP contribution >= 0.6 is 0 Å². The van der Waals surface area contributed by atoms with Gasteiger partial charge in [-0.05, 0) is 61.9 Å². The van der Waals surface area contributed by atoms with Crippen molar-refractivity contribution in [1.29, 1.82) is 0 Å². The molecule has 1 amide bonds. The number of anilines is 1. The van der Waals surface area contributed by atoms with Gasteiger partial charge < -0.3 is 19.9 Å². The number of benzene rings is 2. The zero-order chi connectivity index (χ0) is 23.2. The number of guanidine groups is 1. The minimum Gasteiger partial charge on any atom is -0.496 e. The van der Waals surface area contributed by atoms with Crippen LogP contribution in [0.1, 0.15) is 48.8 Å². The normalized spacial score (nSPS) is 18.1. The number of fused-ring (bicyclic) bond motifs is 1. The first-order chi connectivity index (χ1) is 16.1. The summed E-state index contributed by atoms with van der Waals surface area (Å²) in [5.41, 5.74) is 4.96. The minimum atomic E-state index is 0.306. The molecule has 0 radical (unpaired) electrons. The molecule has 6 nitrogen and oxygen atoms in total. The van der Waals surface area contributed by atoms with Crippen LogP contribution in [0.5, 0.6) is 5.75 Å². The van der Waals surface area contributed by atoms with Crippen molar-refractivity contribution in [3.8, 4) is 5.75 Å².